The lowest BCUT2D eigenvalue weighted by Crippen LogP contribution is -2.50. The quantitative estimate of drug-likeness (QED) is 0.679. The van der Waals surface area contributed by atoms with Crippen molar-refractivity contribution < 1.29 is 5.11 Å². The molecule has 0 bridgehead atoms. The van der Waals surface area contributed by atoms with Crippen molar-refractivity contribution in [2.24, 2.45) is 5.92 Å². The lowest BCUT2D eigenvalue weighted by molar-refractivity contribution is -0.00865. The molecule has 3 nitrogen and oxygen atoms in total. The summed E-state index contributed by atoms with van der Waals surface area (Å²) in [7, 11) is 0. The van der Waals surface area contributed by atoms with E-state index in [-0.39, 0.29) is 0 Å². The molecule has 0 aromatic rings. The van der Waals surface area contributed by atoms with Gasteiger partial charge in [-0.2, -0.15) is 0 Å². The van der Waals surface area contributed by atoms with E-state index in [0.717, 1.165) is 38.4 Å². The van der Waals surface area contributed by atoms with E-state index in [1.165, 1.54) is 25.7 Å². The number of hydrogen-bond donors (Lipinski definition) is 3. The van der Waals surface area contributed by atoms with Crippen LogP contribution in [0.3, 0.4) is 0 Å². The third-order valence-corrected chi connectivity index (χ3v) is 4.22. The average Bonchev–Trinajstić information content (AvgIpc) is 2.33. The Morgan fingerprint density at radius 3 is 2.69 bits per heavy atom. The van der Waals surface area contributed by atoms with Crippen molar-refractivity contribution >= 4 is 0 Å². The standard InChI is InChI=1S/C13H26N2O/c1-11-4-6-13(16,7-5-11)10-15-12-3-2-8-14-9-12/h11-12,14-16H,2-10H2,1H3. The molecule has 0 aromatic heterocycles. The Kier molecular flexibility index (Phi) is 4.22. The molecule has 1 saturated heterocycles. The van der Waals surface area contributed by atoms with Gasteiger partial charge in [0.1, 0.15) is 0 Å². The van der Waals surface area contributed by atoms with Gasteiger partial charge in [-0.25, -0.2) is 0 Å². The highest BCUT2D eigenvalue weighted by Gasteiger charge is 2.32. The summed E-state index contributed by atoms with van der Waals surface area (Å²) in [5.41, 5.74) is -0.427. The highest BCUT2D eigenvalue weighted by Crippen LogP contribution is 2.31. The summed E-state index contributed by atoms with van der Waals surface area (Å²) in [5, 5.41) is 17.4. The highest BCUT2D eigenvalue weighted by atomic mass is 16.3. The van der Waals surface area contributed by atoms with Gasteiger partial charge in [-0.3, -0.25) is 0 Å². The maximum atomic E-state index is 10.4. The van der Waals surface area contributed by atoms with Crippen LogP contribution in [0.2, 0.25) is 0 Å². The third kappa shape index (κ3) is 3.44. The first kappa shape index (κ1) is 12.3. The van der Waals surface area contributed by atoms with E-state index in [2.05, 4.69) is 17.6 Å². The van der Waals surface area contributed by atoms with Crippen molar-refractivity contribution in [2.75, 3.05) is 19.6 Å². The molecule has 0 radical (unpaired) electrons. The van der Waals surface area contributed by atoms with Gasteiger partial charge < -0.3 is 15.7 Å². The molecule has 2 fully saturated rings. The topological polar surface area (TPSA) is 44.3 Å². The molecular weight excluding hydrogens is 200 g/mol. The summed E-state index contributed by atoms with van der Waals surface area (Å²) in [5.74, 6) is 0.802. The zero-order chi connectivity index (χ0) is 11.4. The summed E-state index contributed by atoms with van der Waals surface area (Å²) in [4.78, 5) is 0. The summed E-state index contributed by atoms with van der Waals surface area (Å²) < 4.78 is 0. The van der Waals surface area contributed by atoms with Crippen molar-refractivity contribution in [3.63, 3.8) is 0 Å². The van der Waals surface area contributed by atoms with Crippen molar-refractivity contribution in [3.05, 3.63) is 0 Å². The SMILES string of the molecule is CC1CCC(O)(CNC2CCCNC2)CC1. The fourth-order valence-electron chi connectivity index (χ4n) is 2.84. The Bertz CT molecular complexity index is 206. The molecule has 1 atom stereocenters. The summed E-state index contributed by atoms with van der Waals surface area (Å²) in [6, 6.07) is 0.567. The van der Waals surface area contributed by atoms with Crippen LogP contribution in [0, 0.1) is 5.92 Å². The molecule has 0 amide bonds. The van der Waals surface area contributed by atoms with Gasteiger partial charge in [0.2, 0.25) is 0 Å². The second-order valence-corrected chi connectivity index (χ2v) is 5.83. The van der Waals surface area contributed by atoms with Crippen LogP contribution in [-0.2, 0) is 0 Å². The molecule has 2 aliphatic rings. The average molecular weight is 226 g/mol. The molecule has 3 N–H and O–H groups in total. The number of piperidine rings is 1. The van der Waals surface area contributed by atoms with Gasteiger partial charge in [-0.05, 0) is 51.0 Å². The highest BCUT2D eigenvalue weighted by molar-refractivity contribution is 4.88. The fourth-order valence-corrected chi connectivity index (χ4v) is 2.84. The number of hydrogen-bond acceptors (Lipinski definition) is 3. The summed E-state index contributed by atoms with van der Waals surface area (Å²) in [6.45, 7) is 5.29. The maximum Gasteiger partial charge on any atom is 0.0771 e. The Labute approximate surface area is 99.0 Å². The Balaban J connectivity index is 1.71. The van der Waals surface area contributed by atoms with Gasteiger partial charge in [0, 0.05) is 19.1 Å². The molecule has 0 spiro atoms. The predicted molar refractivity (Wildman–Crippen MR) is 66.5 cm³/mol. The van der Waals surface area contributed by atoms with Gasteiger partial charge in [0.15, 0.2) is 0 Å². The molecule has 16 heavy (non-hydrogen) atoms. The molecule has 94 valence electrons. The smallest absolute Gasteiger partial charge is 0.0771 e. The summed E-state index contributed by atoms with van der Waals surface area (Å²) >= 11 is 0. The van der Waals surface area contributed by atoms with Gasteiger partial charge in [0.25, 0.3) is 0 Å². The second-order valence-electron chi connectivity index (χ2n) is 5.83. The monoisotopic (exact) mass is 226 g/mol. The minimum Gasteiger partial charge on any atom is -0.389 e. The lowest BCUT2D eigenvalue weighted by atomic mass is 9.79. The molecule has 1 aliphatic heterocycles. The fraction of sp³-hybridized carbons (Fsp3) is 1.00. The molecule has 1 saturated carbocycles. The molecule has 0 aromatic carbocycles. The molecule has 3 heteroatoms. The molecular formula is C13H26N2O. The van der Waals surface area contributed by atoms with Crippen LogP contribution in [0.5, 0.6) is 0 Å². The number of aliphatic hydroxyl groups is 1. The van der Waals surface area contributed by atoms with Crippen LogP contribution in [0.25, 0.3) is 0 Å². The van der Waals surface area contributed by atoms with E-state index in [4.69, 9.17) is 0 Å². The zero-order valence-corrected chi connectivity index (χ0v) is 10.5. The second kappa shape index (κ2) is 5.48. The predicted octanol–water partition coefficient (Wildman–Crippen LogP) is 1.27. The maximum absolute atomic E-state index is 10.4. The van der Waals surface area contributed by atoms with Crippen molar-refractivity contribution in [1.82, 2.24) is 10.6 Å². The molecule has 1 heterocycles. The van der Waals surface area contributed by atoms with Crippen molar-refractivity contribution in [3.8, 4) is 0 Å². The van der Waals surface area contributed by atoms with E-state index >= 15 is 0 Å². The van der Waals surface area contributed by atoms with Gasteiger partial charge in [-0.1, -0.05) is 6.92 Å². The van der Waals surface area contributed by atoms with Crippen LogP contribution in [0.15, 0.2) is 0 Å². The minimum absolute atomic E-state index is 0.427. The lowest BCUT2D eigenvalue weighted by Gasteiger charge is -2.37. The van der Waals surface area contributed by atoms with E-state index in [1.54, 1.807) is 0 Å². The van der Waals surface area contributed by atoms with Crippen LogP contribution < -0.4 is 10.6 Å². The first-order chi connectivity index (χ1) is 7.68. The van der Waals surface area contributed by atoms with Crippen LogP contribution in [0.1, 0.15) is 45.4 Å². The normalized spacial score (nSPS) is 40.9. The van der Waals surface area contributed by atoms with Crippen LogP contribution >= 0.6 is 0 Å². The molecule has 1 aliphatic carbocycles. The number of rotatable bonds is 3. The van der Waals surface area contributed by atoms with E-state index in [9.17, 15) is 5.11 Å². The van der Waals surface area contributed by atoms with Crippen LogP contribution in [-0.4, -0.2) is 36.4 Å². The Morgan fingerprint density at radius 1 is 1.31 bits per heavy atom. The van der Waals surface area contributed by atoms with Gasteiger partial charge in [0.05, 0.1) is 5.60 Å². The van der Waals surface area contributed by atoms with E-state index in [1.807, 2.05) is 0 Å². The third-order valence-electron chi connectivity index (χ3n) is 4.22. The Hall–Kier alpha value is -0.120. The van der Waals surface area contributed by atoms with Gasteiger partial charge >= 0.3 is 0 Å². The number of nitrogens with one attached hydrogen (secondary N) is 2. The van der Waals surface area contributed by atoms with Gasteiger partial charge in [-0.15, -0.1) is 0 Å². The zero-order valence-electron chi connectivity index (χ0n) is 10.5. The van der Waals surface area contributed by atoms with E-state index in [0.29, 0.717) is 6.04 Å². The first-order valence-electron chi connectivity index (χ1n) is 6.84. The van der Waals surface area contributed by atoms with Crippen molar-refractivity contribution in [1.29, 1.82) is 0 Å². The minimum atomic E-state index is -0.427. The van der Waals surface area contributed by atoms with Crippen molar-refractivity contribution in [2.45, 2.75) is 57.1 Å². The summed E-state index contributed by atoms with van der Waals surface area (Å²) in [6.07, 6.45) is 6.82. The largest absolute Gasteiger partial charge is 0.389 e. The van der Waals surface area contributed by atoms with E-state index < -0.39 is 5.60 Å². The van der Waals surface area contributed by atoms with Crippen LogP contribution in [0.4, 0.5) is 0 Å². The first-order valence-corrected chi connectivity index (χ1v) is 6.84. The molecule has 1 unspecified atom stereocenters. The molecule has 2 rings (SSSR count). The Morgan fingerprint density at radius 2 is 2.06 bits per heavy atom.